The summed E-state index contributed by atoms with van der Waals surface area (Å²) in [5.74, 6) is -0.355. The van der Waals surface area contributed by atoms with E-state index in [1.54, 1.807) is 0 Å². The molecule has 0 aliphatic heterocycles. The van der Waals surface area contributed by atoms with Crippen molar-refractivity contribution >= 4 is 11.7 Å². The van der Waals surface area contributed by atoms with E-state index in [0.29, 0.717) is 0 Å². The molecule has 0 unspecified atom stereocenters. The fraction of sp³-hybridized carbons (Fsp3) is 0.250. The number of benzene rings is 1. The van der Waals surface area contributed by atoms with E-state index in [4.69, 9.17) is 0 Å². The normalized spacial score (nSPS) is 11.0. The number of aryl methyl sites for hydroxylation is 1. The lowest BCUT2D eigenvalue weighted by Gasteiger charge is -2.06. The lowest BCUT2D eigenvalue weighted by atomic mass is 10.2. The van der Waals surface area contributed by atoms with E-state index in [2.05, 4.69) is 10.1 Å². The van der Waals surface area contributed by atoms with Gasteiger partial charge in [0.05, 0.1) is 7.11 Å². The topological polar surface area (TPSA) is 38.3 Å². The highest BCUT2D eigenvalue weighted by Gasteiger charge is 1.97. The molecule has 0 saturated heterocycles. The summed E-state index contributed by atoms with van der Waals surface area (Å²) in [7, 11) is 1.36. The predicted molar refractivity (Wildman–Crippen MR) is 60.6 cm³/mol. The summed E-state index contributed by atoms with van der Waals surface area (Å²) in [5, 5.41) is 3.09. The fourth-order valence-corrected chi connectivity index (χ4v) is 1.14. The van der Waals surface area contributed by atoms with Crippen molar-refractivity contribution in [2.45, 2.75) is 13.8 Å². The van der Waals surface area contributed by atoms with Gasteiger partial charge in [0.1, 0.15) is 0 Å². The number of esters is 1. The molecule has 0 aromatic heterocycles. The summed E-state index contributed by atoms with van der Waals surface area (Å²) in [4.78, 5) is 10.9. The lowest BCUT2D eigenvalue weighted by molar-refractivity contribution is -0.134. The summed E-state index contributed by atoms with van der Waals surface area (Å²) < 4.78 is 4.52. The van der Waals surface area contributed by atoms with E-state index in [0.717, 1.165) is 11.4 Å². The molecular formula is C12H15NO2. The van der Waals surface area contributed by atoms with Crippen molar-refractivity contribution in [1.82, 2.24) is 0 Å². The van der Waals surface area contributed by atoms with Crippen LogP contribution in [-0.2, 0) is 9.53 Å². The highest BCUT2D eigenvalue weighted by molar-refractivity contribution is 5.83. The summed E-state index contributed by atoms with van der Waals surface area (Å²) >= 11 is 0. The zero-order valence-electron chi connectivity index (χ0n) is 9.20. The molecule has 1 aromatic rings. The molecule has 0 heterocycles. The first kappa shape index (κ1) is 11.3. The fourth-order valence-electron chi connectivity index (χ4n) is 1.14. The van der Waals surface area contributed by atoms with Crippen LogP contribution >= 0.6 is 0 Å². The largest absolute Gasteiger partial charge is 0.466 e. The van der Waals surface area contributed by atoms with Crippen LogP contribution in [0.25, 0.3) is 0 Å². The Morgan fingerprint density at radius 2 is 1.93 bits per heavy atom. The van der Waals surface area contributed by atoms with E-state index < -0.39 is 0 Å². The van der Waals surface area contributed by atoms with Crippen LogP contribution in [0.2, 0.25) is 0 Å². The van der Waals surface area contributed by atoms with Crippen LogP contribution in [-0.4, -0.2) is 13.1 Å². The molecule has 1 aromatic carbocycles. The highest BCUT2D eigenvalue weighted by Crippen LogP contribution is 2.10. The zero-order valence-corrected chi connectivity index (χ0v) is 9.20. The lowest BCUT2D eigenvalue weighted by Crippen LogP contribution is -2.01. The molecule has 1 N–H and O–H groups in total. The number of nitrogens with one attached hydrogen (secondary N) is 1. The Labute approximate surface area is 89.8 Å². The second kappa shape index (κ2) is 5.20. The van der Waals surface area contributed by atoms with Gasteiger partial charge in [0.25, 0.3) is 0 Å². The van der Waals surface area contributed by atoms with Gasteiger partial charge in [-0.05, 0) is 26.0 Å². The summed E-state index contributed by atoms with van der Waals surface area (Å²) in [6.45, 7) is 3.84. The Morgan fingerprint density at radius 1 is 1.33 bits per heavy atom. The van der Waals surface area contributed by atoms with E-state index >= 15 is 0 Å². The van der Waals surface area contributed by atoms with Crippen molar-refractivity contribution < 1.29 is 9.53 Å². The third-order valence-corrected chi connectivity index (χ3v) is 1.93. The summed E-state index contributed by atoms with van der Waals surface area (Å²) in [6.07, 6.45) is 1.42. The SMILES string of the molecule is COC(=O)C=C(C)Nc1ccc(C)cc1. The van der Waals surface area contributed by atoms with E-state index in [9.17, 15) is 4.79 Å². The average Bonchev–Trinajstić information content (AvgIpc) is 2.21. The Morgan fingerprint density at radius 3 is 2.47 bits per heavy atom. The smallest absolute Gasteiger partial charge is 0.332 e. The van der Waals surface area contributed by atoms with Crippen molar-refractivity contribution in [3.05, 3.63) is 41.6 Å². The van der Waals surface area contributed by atoms with Crippen LogP contribution in [0, 0.1) is 6.92 Å². The zero-order chi connectivity index (χ0) is 11.3. The summed E-state index contributed by atoms with van der Waals surface area (Å²) in [5.41, 5.74) is 2.92. The molecule has 0 spiro atoms. The van der Waals surface area contributed by atoms with Gasteiger partial charge in [-0.1, -0.05) is 17.7 Å². The number of allylic oxidation sites excluding steroid dienone is 1. The molecular weight excluding hydrogens is 190 g/mol. The van der Waals surface area contributed by atoms with Crippen LogP contribution in [0.1, 0.15) is 12.5 Å². The second-order valence-electron chi connectivity index (χ2n) is 3.34. The van der Waals surface area contributed by atoms with E-state index in [1.807, 2.05) is 38.1 Å². The number of rotatable bonds is 3. The standard InChI is InChI=1S/C12H15NO2/c1-9-4-6-11(7-5-9)13-10(2)8-12(14)15-3/h4-8,13H,1-3H3. The first-order valence-corrected chi connectivity index (χ1v) is 4.72. The molecule has 0 saturated carbocycles. The average molecular weight is 205 g/mol. The first-order chi connectivity index (χ1) is 7.11. The third kappa shape index (κ3) is 3.85. The van der Waals surface area contributed by atoms with Gasteiger partial charge < -0.3 is 10.1 Å². The van der Waals surface area contributed by atoms with Gasteiger partial charge in [-0.2, -0.15) is 0 Å². The van der Waals surface area contributed by atoms with Crippen LogP contribution in [0.3, 0.4) is 0 Å². The Kier molecular flexibility index (Phi) is 3.92. The van der Waals surface area contributed by atoms with Crippen molar-refractivity contribution in [3.63, 3.8) is 0 Å². The molecule has 0 aliphatic carbocycles. The molecule has 0 atom stereocenters. The first-order valence-electron chi connectivity index (χ1n) is 4.72. The summed E-state index contributed by atoms with van der Waals surface area (Å²) in [6, 6.07) is 7.94. The van der Waals surface area contributed by atoms with Crippen molar-refractivity contribution in [1.29, 1.82) is 0 Å². The van der Waals surface area contributed by atoms with Crippen LogP contribution in [0.4, 0.5) is 5.69 Å². The number of anilines is 1. The van der Waals surface area contributed by atoms with Gasteiger partial charge in [-0.3, -0.25) is 0 Å². The van der Waals surface area contributed by atoms with Crippen molar-refractivity contribution in [3.8, 4) is 0 Å². The predicted octanol–water partition coefficient (Wildman–Crippen LogP) is 2.48. The molecule has 0 radical (unpaired) electrons. The number of carbonyl (C=O) groups excluding carboxylic acids is 1. The molecule has 0 aliphatic rings. The molecule has 3 nitrogen and oxygen atoms in total. The van der Waals surface area contributed by atoms with Gasteiger partial charge in [-0.15, -0.1) is 0 Å². The van der Waals surface area contributed by atoms with E-state index in [1.165, 1.54) is 18.7 Å². The number of hydrogen-bond acceptors (Lipinski definition) is 3. The van der Waals surface area contributed by atoms with Crippen LogP contribution < -0.4 is 5.32 Å². The maximum atomic E-state index is 10.9. The Balaban J connectivity index is 2.66. The molecule has 1 rings (SSSR count). The number of ether oxygens (including phenoxy) is 1. The van der Waals surface area contributed by atoms with Gasteiger partial charge >= 0.3 is 5.97 Å². The quantitative estimate of drug-likeness (QED) is 0.608. The van der Waals surface area contributed by atoms with Crippen molar-refractivity contribution in [2.75, 3.05) is 12.4 Å². The molecule has 0 bridgehead atoms. The maximum Gasteiger partial charge on any atom is 0.332 e. The van der Waals surface area contributed by atoms with Gasteiger partial charge in [0.15, 0.2) is 0 Å². The molecule has 0 amide bonds. The van der Waals surface area contributed by atoms with E-state index in [-0.39, 0.29) is 5.97 Å². The number of hydrogen-bond donors (Lipinski definition) is 1. The molecule has 0 fully saturated rings. The van der Waals surface area contributed by atoms with Gasteiger partial charge in [-0.25, -0.2) is 4.79 Å². The van der Waals surface area contributed by atoms with Crippen LogP contribution in [0.5, 0.6) is 0 Å². The monoisotopic (exact) mass is 205 g/mol. The Bertz CT molecular complexity index is 366. The minimum absolute atomic E-state index is 0.355. The third-order valence-electron chi connectivity index (χ3n) is 1.93. The maximum absolute atomic E-state index is 10.9. The van der Waals surface area contributed by atoms with Gasteiger partial charge in [0, 0.05) is 17.5 Å². The van der Waals surface area contributed by atoms with Gasteiger partial charge in [0.2, 0.25) is 0 Å². The Hall–Kier alpha value is -1.77. The van der Waals surface area contributed by atoms with Crippen LogP contribution in [0.15, 0.2) is 36.0 Å². The minimum Gasteiger partial charge on any atom is -0.466 e. The molecule has 15 heavy (non-hydrogen) atoms. The highest BCUT2D eigenvalue weighted by atomic mass is 16.5. The second-order valence-corrected chi connectivity index (χ2v) is 3.34. The molecule has 3 heteroatoms. The molecule has 80 valence electrons. The van der Waals surface area contributed by atoms with Crippen molar-refractivity contribution in [2.24, 2.45) is 0 Å². The number of carbonyl (C=O) groups is 1. The minimum atomic E-state index is -0.355. The number of methoxy groups -OCH3 is 1.